The van der Waals surface area contributed by atoms with Gasteiger partial charge in [-0.25, -0.2) is 0 Å². The molecule has 2 rings (SSSR count). The highest BCUT2D eigenvalue weighted by atomic mass is 16.5. The molecule has 0 saturated carbocycles. The minimum Gasteiger partial charge on any atom is -0.493 e. The molecule has 0 spiro atoms. The van der Waals surface area contributed by atoms with Crippen LogP contribution in [-0.4, -0.2) is 18.3 Å². The molecule has 76 valence electrons. The second-order valence-electron chi connectivity index (χ2n) is 4.03. The van der Waals surface area contributed by atoms with Crippen molar-refractivity contribution in [2.75, 3.05) is 13.2 Å². The summed E-state index contributed by atoms with van der Waals surface area (Å²) >= 11 is 0. The van der Waals surface area contributed by atoms with Gasteiger partial charge in [0.1, 0.15) is 5.75 Å². The molecule has 0 aliphatic carbocycles. The van der Waals surface area contributed by atoms with Crippen molar-refractivity contribution in [3.63, 3.8) is 0 Å². The van der Waals surface area contributed by atoms with Gasteiger partial charge >= 0.3 is 0 Å². The van der Waals surface area contributed by atoms with Crippen LogP contribution in [0.3, 0.4) is 0 Å². The topological polar surface area (TPSA) is 29.5 Å². The lowest BCUT2D eigenvalue weighted by atomic mass is 10.0. The lowest BCUT2D eigenvalue weighted by Crippen LogP contribution is -2.04. The zero-order chi connectivity index (χ0) is 9.97. The molecule has 0 radical (unpaired) electrons. The standard InChI is InChI=1S/C12H16O2/c1-9(8-13)6-10-2-3-11-4-5-14-12(11)7-10/h2-3,7,9,13H,4-6,8H2,1H3. The highest BCUT2D eigenvalue weighted by Gasteiger charge is 2.12. The van der Waals surface area contributed by atoms with Crippen molar-refractivity contribution in [2.45, 2.75) is 19.8 Å². The quantitative estimate of drug-likeness (QED) is 0.791. The van der Waals surface area contributed by atoms with Gasteiger partial charge in [0.15, 0.2) is 0 Å². The Morgan fingerprint density at radius 1 is 1.50 bits per heavy atom. The normalized spacial score (nSPS) is 16.1. The third kappa shape index (κ3) is 1.90. The number of ether oxygens (including phenoxy) is 1. The van der Waals surface area contributed by atoms with E-state index in [4.69, 9.17) is 9.84 Å². The summed E-state index contributed by atoms with van der Waals surface area (Å²) < 4.78 is 5.49. The molecule has 0 saturated heterocycles. The van der Waals surface area contributed by atoms with Gasteiger partial charge in [0.25, 0.3) is 0 Å². The van der Waals surface area contributed by atoms with Gasteiger partial charge in [-0.15, -0.1) is 0 Å². The average molecular weight is 192 g/mol. The Kier molecular flexibility index (Phi) is 2.73. The van der Waals surface area contributed by atoms with Crippen molar-refractivity contribution < 1.29 is 9.84 Å². The summed E-state index contributed by atoms with van der Waals surface area (Å²) in [4.78, 5) is 0. The second-order valence-corrected chi connectivity index (χ2v) is 4.03. The number of aliphatic hydroxyl groups excluding tert-OH is 1. The summed E-state index contributed by atoms with van der Waals surface area (Å²) in [6, 6.07) is 6.38. The molecule has 1 aliphatic heterocycles. The number of rotatable bonds is 3. The Morgan fingerprint density at radius 2 is 2.36 bits per heavy atom. The van der Waals surface area contributed by atoms with Gasteiger partial charge in [-0.3, -0.25) is 0 Å². The molecule has 1 heterocycles. The summed E-state index contributed by atoms with van der Waals surface area (Å²) in [5.41, 5.74) is 2.57. The van der Waals surface area contributed by atoms with Crippen molar-refractivity contribution in [2.24, 2.45) is 5.92 Å². The van der Waals surface area contributed by atoms with Crippen LogP contribution in [0.25, 0.3) is 0 Å². The van der Waals surface area contributed by atoms with Crippen LogP contribution in [-0.2, 0) is 12.8 Å². The van der Waals surface area contributed by atoms with Gasteiger partial charge in [0, 0.05) is 13.0 Å². The zero-order valence-corrected chi connectivity index (χ0v) is 8.49. The van der Waals surface area contributed by atoms with Gasteiger partial charge in [0.05, 0.1) is 6.61 Å². The largest absolute Gasteiger partial charge is 0.493 e. The fourth-order valence-electron chi connectivity index (χ4n) is 1.80. The van der Waals surface area contributed by atoms with Crippen LogP contribution in [0.5, 0.6) is 5.75 Å². The highest BCUT2D eigenvalue weighted by molar-refractivity contribution is 5.40. The SMILES string of the molecule is CC(CO)Cc1ccc2c(c1)OCC2. The molecule has 1 aromatic rings. The van der Waals surface area contributed by atoms with Crippen molar-refractivity contribution in [3.05, 3.63) is 29.3 Å². The maximum absolute atomic E-state index is 8.96. The molecule has 14 heavy (non-hydrogen) atoms. The van der Waals surface area contributed by atoms with Gasteiger partial charge < -0.3 is 9.84 Å². The summed E-state index contributed by atoms with van der Waals surface area (Å²) in [7, 11) is 0. The molecule has 1 N–H and O–H groups in total. The van der Waals surface area contributed by atoms with Crippen molar-refractivity contribution in [3.8, 4) is 5.75 Å². The molecule has 0 fully saturated rings. The molecule has 1 atom stereocenters. The van der Waals surface area contributed by atoms with Crippen LogP contribution in [0.15, 0.2) is 18.2 Å². The van der Waals surface area contributed by atoms with Gasteiger partial charge in [0.2, 0.25) is 0 Å². The molecule has 2 heteroatoms. The first kappa shape index (κ1) is 9.53. The Labute approximate surface area is 84.5 Å². The maximum atomic E-state index is 8.96. The fourth-order valence-corrected chi connectivity index (χ4v) is 1.80. The Morgan fingerprint density at radius 3 is 3.14 bits per heavy atom. The van der Waals surface area contributed by atoms with Crippen LogP contribution in [0.1, 0.15) is 18.1 Å². The van der Waals surface area contributed by atoms with E-state index in [1.807, 2.05) is 6.92 Å². The lowest BCUT2D eigenvalue weighted by Gasteiger charge is -2.08. The molecule has 0 amide bonds. The number of hydrogen-bond donors (Lipinski definition) is 1. The first-order chi connectivity index (χ1) is 6.79. The van der Waals surface area contributed by atoms with E-state index in [1.54, 1.807) is 0 Å². The Bertz CT molecular complexity index is 320. The Hall–Kier alpha value is -1.02. The third-order valence-electron chi connectivity index (χ3n) is 2.66. The summed E-state index contributed by atoms with van der Waals surface area (Å²) in [5.74, 6) is 1.36. The van der Waals surface area contributed by atoms with E-state index in [0.29, 0.717) is 5.92 Å². The van der Waals surface area contributed by atoms with Gasteiger partial charge in [-0.1, -0.05) is 19.1 Å². The highest BCUT2D eigenvalue weighted by Crippen LogP contribution is 2.26. The van der Waals surface area contributed by atoms with Crippen LogP contribution in [0, 0.1) is 5.92 Å². The smallest absolute Gasteiger partial charge is 0.122 e. The molecule has 1 aromatic carbocycles. The first-order valence-corrected chi connectivity index (χ1v) is 5.15. The monoisotopic (exact) mass is 192 g/mol. The maximum Gasteiger partial charge on any atom is 0.122 e. The minimum atomic E-state index is 0.248. The summed E-state index contributed by atoms with van der Waals surface area (Å²) in [6.07, 6.45) is 1.96. The molecule has 2 nitrogen and oxygen atoms in total. The predicted octanol–water partition coefficient (Wildman–Crippen LogP) is 1.79. The van der Waals surface area contributed by atoms with E-state index < -0.39 is 0 Å². The second kappa shape index (κ2) is 4.01. The third-order valence-corrected chi connectivity index (χ3v) is 2.66. The van der Waals surface area contributed by atoms with Crippen molar-refractivity contribution >= 4 is 0 Å². The van der Waals surface area contributed by atoms with Crippen molar-refractivity contribution in [1.29, 1.82) is 0 Å². The van der Waals surface area contributed by atoms with E-state index in [9.17, 15) is 0 Å². The van der Waals surface area contributed by atoms with E-state index in [0.717, 1.165) is 25.2 Å². The van der Waals surface area contributed by atoms with E-state index >= 15 is 0 Å². The van der Waals surface area contributed by atoms with Crippen LogP contribution < -0.4 is 4.74 Å². The number of fused-ring (bicyclic) bond motifs is 1. The molecule has 0 aromatic heterocycles. The average Bonchev–Trinajstić information content (AvgIpc) is 2.64. The zero-order valence-electron chi connectivity index (χ0n) is 8.49. The van der Waals surface area contributed by atoms with Crippen LogP contribution >= 0.6 is 0 Å². The Balaban J connectivity index is 2.12. The molecule has 1 aliphatic rings. The van der Waals surface area contributed by atoms with E-state index in [-0.39, 0.29) is 6.61 Å². The molecule has 0 bridgehead atoms. The van der Waals surface area contributed by atoms with E-state index in [1.165, 1.54) is 11.1 Å². The fraction of sp³-hybridized carbons (Fsp3) is 0.500. The first-order valence-electron chi connectivity index (χ1n) is 5.15. The van der Waals surface area contributed by atoms with Crippen LogP contribution in [0.2, 0.25) is 0 Å². The lowest BCUT2D eigenvalue weighted by molar-refractivity contribution is 0.237. The number of benzene rings is 1. The van der Waals surface area contributed by atoms with Gasteiger partial charge in [-0.2, -0.15) is 0 Å². The summed E-state index contributed by atoms with van der Waals surface area (Å²) in [5, 5.41) is 8.96. The molecular weight excluding hydrogens is 176 g/mol. The van der Waals surface area contributed by atoms with Gasteiger partial charge in [-0.05, 0) is 29.5 Å². The summed E-state index contributed by atoms with van der Waals surface area (Å²) in [6.45, 7) is 3.11. The van der Waals surface area contributed by atoms with Crippen molar-refractivity contribution in [1.82, 2.24) is 0 Å². The molecular formula is C12H16O2. The minimum absolute atomic E-state index is 0.248. The van der Waals surface area contributed by atoms with E-state index in [2.05, 4.69) is 18.2 Å². The number of aliphatic hydroxyl groups is 1. The predicted molar refractivity (Wildman–Crippen MR) is 55.6 cm³/mol. The molecule has 1 unspecified atom stereocenters. The van der Waals surface area contributed by atoms with Crippen LogP contribution in [0.4, 0.5) is 0 Å². The number of hydrogen-bond acceptors (Lipinski definition) is 2.